The summed E-state index contributed by atoms with van der Waals surface area (Å²) in [5, 5.41) is 12.4. The van der Waals surface area contributed by atoms with Gasteiger partial charge in [0.1, 0.15) is 6.54 Å². The average Bonchev–Trinajstić information content (AvgIpc) is 3.03. The molecule has 1 unspecified atom stereocenters. The van der Waals surface area contributed by atoms with Crippen LogP contribution in [0.15, 0.2) is 54.6 Å². The molecule has 8 heteroatoms. The Kier molecular flexibility index (Phi) is 4.80. The van der Waals surface area contributed by atoms with Gasteiger partial charge in [0.05, 0.1) is 12.6 Å². The summed E-state index contributed by atoms with van der Waals surface area (Å²) >= 11 is 0. The first-order chi connectivity index (χ1) is 11.9. The zero-order valence-electron chi connectivity index (χ0n) is 13.5. The third kappa shape index (κ3) is 4.42. The highest BCUT2D eigenvalue weighted by Gasteiger charge is 2.30. The molecule has 0 amide bonds. The van der Waals surface area contributed by atoms with E-state index in [9.17, 15) is 13.2 Å². The molecule has 0 fully saturated rings. The number of hydrogen-bond acceptors (Lipinski definition) is 3. The number of alkyl halides is 3. The first kappa shape index (κ1) is 17.1. The fraction of sp³-hybridized carbons (Fsp3) is 0.235. The fourth-order valence-corrected chi connectivity index (χ4v) is 2.47. The summed E-state index contributed by atoms with van der Waals surface area (Å²) in [7, 11) is 1.92. The predicted molar refractivity (Wildman–Crippen MR) is 85.3 cm³/mol. The van der Waals surface area contributed by atoms with E-state index in [0.29, 0.717) is 19.0 Å². The van der Waals surface area contributed by atoms with Gasteiger partial charge in [-0.1, -0.05) is 42.5 Å². The third-order valence-corrected chi connectivity index (χ3v) is 3.68. The SMILES string of the molecule is C[NH+](Cc1ccc(C(F)(F)F)cc1)Cn1nnc(-c2ccccc2)n1. The van der Waals surface area contributed by atoms with Crippen molar-refractivity contribution in [3.8, 4) is 11.4 Å². The van der Waals surface area contributed by atoms with Crippen LogP contribution in [0.3, 0.4) is 0 Å². The molecule has 1 aromatic heterocycles. The Balaban J connectivity index is 1.61. The van der Waals surface area contributed by atoms with Crippen molar-refractivity contribution < 1.29 is 18.1 Å². The standard InChI is InChI=1S/C17H16F3N5/c1-24(11-13-7-9-15(10-8-13)17(18,19)20)12-25-22-16(21-23-25)14-5-3-2-4-6-14/h2-10H,11-12H2,1H3/p+1. The minimum atomic E-state index is -4.31. The summed E-state index contributed by atoms with van der Waals surface area (Å²) in [4.78, 5) is 2.51. The number of halogens is 3. The van der Waals surface area contributed by atoms with Crippen molar-refractivity contribution in [3.63, 3.8) is 0 Å². The lowest BCUT2D eigenvalue weighted by atomic mass is 10.1. The average molecular weight is 348 g/mol. The van der Waals surface area contributed by atoms with Crippen LogP contribution in [0.2, 0.25) is 0 Å². The fourth-order valence-electron chi connectivity index (χ4n) is 2.47. The monoisotopic (exact) mass is 348 g/mol. The minimum Gasteiger partial charge on any atom is -0.314 e. The largest absolute Gasteiger partial charge is 0.416 e. The lowest BCUT2D eigenvalue weighted by Crippen LogP contribution is -3.07. The Bertz CT molecular complexity index is 812. The van der Waals surface area contributed by atoms with Gasteiger partial charge < -0.3 is 4.90 Å². The summed E-state index contributed by atoms with van der Waals surface area (Å²) in [6.45, 7) is 1.02. The topological polar surface area (TPSA) is 48.0 Å². The molecule has 3 rings (SSSR count). The second-order valence-corrected chi connectivity index (χ2v) is 5.84. The first-order valence-corrected chi connectivity index (χ1v) is 7.72. The highest BCUT2D eigenvalue weighted by Crippen LogP contribution is 2.28. The van der Waals surface area contributed by atoms with Crippen molar-refractivity contribution in [2.45, 2.75) is 19.4 Å². The van der Waals surface area contributed by atoms with Crippen molar-refractivity contribution in [2.24, 2.45) is 0 Å². The smallest absolute Gasteiger partial charge is 0.314 e. The molecule has 25 heavy (non-hydrogen) atoms. The zero-order valence-corrected chi connectivity index (χ0v) is 13.5. The van der Waals surface area contributed by atoms with Crippen LogP contribution < -0.4 is 4.90 Å². The van der Waals surface area contributed by atoms with Crippen molar-refractivity contribution in [1.82, 2.24) is 20.2 Å². The molecule has 0 radical (unpaired) electrons. The molecule has 0 spiro atoms. The Morgan fingerprint density at radius 3 is 2.32 bits per heavy atom. The Morgan fingerprint density at radius 2 is 1.68 bits per heavy atom. The molecule has 1 N–H and O–H groups in total. The molecule has 0 saturated carbocycles. The van der Waals surface area contributed by atoms with Gasteiger partial charge >= 0.3 is 6.18 Å². The number of nitrogens with zero attached hydrogens (tertiary/aromatic N) is 4. The van der Waals surface area contributed by atoms with Crippen LogP contribution in [-0.4, -0.2) is 27.3 Å². The van der Waals surface area contributed by atoms with E-state index in [1.54, 1.807) is 0 Å². The normalized spacial score (nSPS) is 13.0. The molecule has 1 atom stereocenters. The van der Waals surface area contributed by atoms with E-state index in [1.807, 2.05) is 37.4 Å². The number of benzene rings is 2. The second-order valence-electron chi connectivity index (χ2n) is 5.84. The van der Waals surface area contributed by atoms with Gasteiger partial charge in [-0.2, -0.15) is 13.2 Å². The minimum absolute atomic E-state index is 0.459. The highest BCUT2D eigenvalue weighted by molar-refractivity contribution is 5.52. The highest BCUT2D eigenvalue weighted by atomic mass is 19.4. The quantitative estimate of drug-likeness (QED) is 0.768. The van der Waals surface area contributed by atoms with E-state index in [0.717, 1.165) is 28.2 Å². The van der Waals surface area contributed by atoms with Crippen molar-refractivity contribution in [3.05, 3.63) is 65.7 Å². The maximum absolute atomic E-state index is 12.6. The zero-order chi connectivity index (χ0) is 17.9. The van der Waals surface area contributed by atoms with Crippen molar-refractivity contribution in [2.75, 3.05) is 7.05 Å². The van der Waals surface area contributed by atoms with Crippen molar-refractivity contribution in [1.29, 1.82) is 0 Å². The van der Waals surface area contributed by atoms with Gasteiger partial charge in [0.25, 0.3) is 0 Å². The maximum atomic E-state index is 12.6. The van der Waals surface area contributed by atoms with Crippen LogP contribution >= 0.6 is 0 Å². The summed E-state index contributed by atoms with van der Waals surface area (Å²) in [6.07, 6.45) is -4.31. The molecule has 0 aliphatic rings. The van der Waals surface area contributed by atoms with Gasteiger partial charge in [-0.25, -0.2) is 0 Å². The molecule has 0 aliphatic heterocycles. The molecule has 3 aromatic rings. The van der Waals surface area contributed by atoms with E-state index < -0.39 is 11.7 Å². The third-order valence-electron chi connectivity index (χ3n) is 3.68. The van der Waals surface area contributed by atoms with Gasteiger partial charge in [-0.15, -0.1) is 15.0 Å². The number of quaternary nitrogens is 1. The molecule has 0 bridgehead atoms. The number of nitrogens with one attached hydrogen (secondary N) is 1. The Labute approximate surface area is 142 Å². The second kappa shape index (κ2) is 7.02. The van der Waals surface area contributed by atoms with E-state index >= 15 is 0 Å². The molecule has 0 aliphatic carbocycles. The molecule has 130 valence electrons. The van der Waals surface area contributed by atoms with Crippen LogP contribution in [0, 0.1) is 0 Å². The van der Waals surface area contributed by atoms with E-state index in [4.69, 9.17) is 0 Å². The van der Waals surface area contributed by atoms with Gasteiger partial charge in [0, 0.05) is 11.1 Å². The molecule has 2 aromatic carbocycles. The molecular weight excluding hydrogens is 331 g/mol. The first-order valence-electron chi connectivity index (χ1n) is 7.72. The number of tetrazole rings is 1. The summed E-state index contributed by atoms with van der Waals surface area (Å²) in [6, 6.07) is 14.7. The molecular formula is C17H17F3N5+. The van der Waals surface area contributed by atoms with E-state index in [2.05, 4.69) is 15.4 Å². The van der Waals surface area contributed by atoms with E-state index in [1.165, 1.54) is 16.9 Å². The van der Waals surface area contributed by atoms with E-state index in [-0.39, 0.29) is 0 Å². The van der Waals surface area contributed by atoms with Crippen LogP contribution in [0.25, 0.3) is 11.4 Å². The van der Waals surface area contributed by atoms with Gasteiger partial charge in [-0.05, 0) is 17.3 Å². The summed E-state index contributed by atoms with van der Waals surface area (Å²) in [5.74, 6) is 0.544. The van der Waals surface area contributed by atoms with Gasteiger partial charge in [0.2, 0.25) is 5.82 Å². The maximum Gasteiger partial charge on any atom is 0.416 e. The predicted octanol–water partition coefficient (Wildman–Crippen LogP) is 2.03. The van der Waals surface area contributed by atoms with Crippen LogP contribution in [0.5, 0.6) is 0 Å². The lowest BCUT2D eigenvalue weighted by Gasteiger charge is -2.13. The lowest BCUT2D eigenvalue weighted by molar-refractivity contribution is -0.918. The number of hydrogen-bond donors (Lipinski definition) is 1. The summed E-state index contributed by atoms with van der Waals surface area (Å²) in [5.41, 5.74) is 1.06. The van der Waals surface area contributed by atoms with Crippen molar-refractivity contribution >= 4 is 0 Å². The Morgan fingerprint density at radius 1 is 1.00 bits per heavy atom. The van der Waals surface area contributed by atoms with Gasteiger partial charge in [-0.3, -0.25) is 0 Å². The number of aromatic nitrogens is 4. The van der Waals surface area contributed by atoms with Crippen LogP contribution in [0.1, 0.15) is 11.1 Å². The van der Waals surface area contributed by atoms with Crippen LogP contribution in [0.4, 0.5) is 13.2 Å². The van der Waals surface area contributed by atoms with Crippen LogP contribution in [-0.2, 0) is 19.4 Å². The molecule has 1 heterocycles. The molecule has 5 nitrogen and oxygen atoms in total. The molecule has 0 saturated heterocycles. The Hall–Kier alpha value is -2.74. The summed E-state index contributed by atoms with van der Waals surface area (Å²) < 4.78 is 37.7. The number of rotatable bonds is 5. The van der Waals surface area contributed by atoms with Gasteiger partial charge in [0.15, 0.2) is 6.67 Å².